The fraction of sp³-hybridized carbons (Fsp3) is 0.267. The SMILES string of the molecule is CCNC(Cc1ccc(Cl)c(F)c1)c1ccc(Cl)cn1. The molecule has 2 rings (SSSR count). The van der Waals surface area contributed by atoms with Crippen molar-refractivity contribution in [3.8, 4) is 0 Å². The second-order valence-corrected chi connectivity index (χ2v) is 5.31. The van der Waals surface area contributed by atoms with E-state index in [0.717, 1.165) is 17.8 Å². The second-order valence-electron chi connectivity index (χ2n) is 4.46. The number of halogens is 3. The summed E-state index contributed by atoms with van der Waals surface area (Å²) in [5.74, 6) is -0.400. The van der Waals surface area contributed by atoms with E-state index in [1.54, 1.807) is 18.3 Å². The summed E-state index contributed by atoms with van der Waals surface area (Å²) in [5, 5.41) is 4.08. The first-order chi connectivity index (χ1) is 9.60. The van der Waals surface area contributed by atoms with Gasteiger partial charge in [-0.3, -0.25) is 4.98 Å². The maximum atomic E-state index is 13.5. The monoisotopic (exact) mass is 312 g/mol. The molecule has 106 valence electrons. The zero-order valence-electron chi connectivity index (χ0n) is 11.0. The van der Waals surface area contributed by atoms with E-state index in [2.05, 4.69) is 10.3 Å². The zero-order chi connectivity index (χ0) is 14.5. The highest BCUT2D eigenvalue weighted by atomic mass is 35.5. The minimum absolute atomic E-state index is 0.0119. The first kappa shape index (κ1) is 15.2. The van der Waals surface area contributed by atoms with Gasteiger partial charge in [-0.1, -0.05) is 36.2 Å². The zero-order valence-corrected chi connectivity index (χ0v) is 12.5. The summed E-state index contributed by atoms with van der Waals surface area (Å²) < 4.78 is 13.5. The summed E-state index contributed by atoms with van der Waals surface area (Å²) in [6, 6.07) is 8.55. The molecule has 1 aromatic heterocycles. The lowest BCUT2D eigenvalue weighted by Gasteiger charge is -2.17. The van der Waals surface area contributed by atoms with Gasteiger partial charge in [-0.05, 0) is 42.8 Å². The molecular formula is C15H15Cl2FN2. The number of rotatable bonds is 5. The van der Waals surface area contributed by atoms with E-state index in [-0.39, 0.29) is 11.1 Å². The Morgan fingerprint density at radius 3 is 2.65 bits per heavy atom. The summed E-state index contributed by atoms with van der Waals surface area (Å²) >= 11 is 11.5. The summed E-state index contributed by atoms with van der Waals surface area (Å²) in [4.78, 5) is 4.32. The highest BCUT2D eigenvalue weighted by Crippen LogP contribution is 2.21. The number of hydrogen-bond donors (Lipinski definition) is 1. The fourth-order valence-corrected chi connectivity index (χ4v) is 2.25. The van der Waals surface area contributed by atoms with Gasteiger partial charge in [-0.25, -0.2) is 4.39 Å². The molecule has 0 saturated carbocycles. The Kier molecular flexibility index (Phi) is 5.35. The number of likely N-dealkylation sites (N-methyl/N-ethyl adjacent to an activating group) is 1. The van der Waals surface area contributed by atoms with Crippen LogP contribution in [0.4, 0.5) is 4.39 Å². The molecule has 1 heterocycles. The van der Waals surface area contributed by atoms with E-state index >= 15 is 0 Å². The van der Waals surface area contributed by atoms with Crippen LogP contribution < -0.4 is 5.32 Å². The number of nitrogens with one attached hydrogen (secondary N) is 1. The van der Waals surface area contributed by atoms with Crippen LogP contribution in [0.3, 0.4) is 0 Å². The Morgan fingerprint density at radius 2 is 2.05 bits per heavy atom. The molecule has 0 bridgehead atoms. The predicted octanol–water partition coefficient (Wildman–Crippen LogP) is 4.42. The third-order valence-corrected chi connectivity index (χ3v) is 3.51. The van der Waals surface area contributed by atoms with Crippen molar-refractivity contribution in [1.82, 2.24) is 10.3 Å². The molecule has 20 heavy (non-hydrogen) atoms. The predicted molar refractivity (Wildman–Crippen MR) is 80.8 cm³/mol. The number of pyridine rings is 1. The Morgan fingerprint density at radius 1 is 1.25 bits per heavy atom. The van der Waals surface area contributed by atoms with Gasteiger partial charge in [0, 0.05) is 6.20 Å². The minimum atomic E-state index is -0.400. The second kappa shape index (κ2) is 7.02. The molecule has 0 aliphatic rings. The first-order valence-electron chi connectivity index (χ1n) is 6.39. The maximum Gasteiger partial charge on any atom is 0.142 e. The summed E-state index contributed by atoms with van der Waals surface area (Å²) in [6.07, 6.45) is 2.25. The van der Waals surface area contributed by atoms with Crippen LogP contribution in [0, 0.1) is 5.82 Å². The molecule has 2 aromatic rings. The van der Waals surface area contributed by atoms with Crippen molar-refractivity contribution in [3.63, 3.8) is 0 Å². The van der Waals surface area contributed by atoms with Crippen molar-refractivity contribution < 1.29 is 4.39 Å². The topological polar surface area (TPSA) is 24.9 Å². The quantitative estimate of drug-likeness (QED) is 0.884. The maximum absolute atomic E-state index is 13.5. The van der Waals surface area contributed by atoms with Crippen molar-refractivity contribution in [3.05, 3.63) is 63.6 Å². The van der Waals surface area contributed by atoms with E-state index in [0.29, 0.717) is 11.4 Å². The van der Waals surface area contributed by atoms with E-state index in [4.69, 9.17) is 23.2 Å². The van der Waals surface area contributed by atoms with Crippen LogP contribution in [0.5, 0.6) is 0 Å². The molecular weight excluding hydrogens is 298 g/mol. The lowest BCUT2D eigenvalue weighted by Crippen LogP contribution is -2.23. The molecule has 0 spiro atoms. The van der Waals surface area contributed by atoms with Gasteiger partial charge in [0.1, 0.15) is 5.82 Å². The van der Waals surface area contributed by atoms with Crippen molar-refractivity contribution in [2.45, 2.75) is 19.4 Å². The van der Waals surface area contributed by atoms with Gasteiger partial charge < -0.3 is 5.32 Å². The number of nitrogens with zero attached hydrogens (tertiary/aromatic N) is 1. The number of aromatic nitrogens is 1. The summed E-state index contributed by atoms with van der Waals surface area (Å²) in [6.45, 7) is 2.82. The molecule has 0 amide bonds. The molecule has 1 unspecified atom stereocenters. The normalized spacial score (nSPS) is 12.4. The molecule has 2 nitrogen and oxygen atoms in total. The average Bonchev–Trinajstić information content (AvgIpc) is 2.43. The van der Waals surface area contributed by atoms with Gasteiger partial charge in [0.25, 0.3) is 0 Å². The van der Waals surface area contributed by atoms with Crippen LogP contribution in [0.15, 0.2) is 36.5 Å². The Hall–Kier alpha value is -1.16. The number of benzene rings is 1. The molecule has 0 aliphatic carbocycles. The van der Waals surface area contributed by atoms with Crippen molar-refractivity contribution in [2.75, 3.05) is 6.54 Å². The van der Waals surface area contributed by atoms with Gasteiger partial charge in [0.05, 0.1) is 21.8 Å². The smallest absolute Gasteiger partial charge is 0.142 e. The summed E-state index contributed by atoms with van der Waals surface area (Å²) in [7, 11) is 0. The Balaban J connectivity index is 2.20. The lowest BCUT2D eigenvalue weighted by atomic mass is 10.0. The minimum Gasteiger partial charge on any atom is -0.309 e. The summed E-state index contributed by atoms with van der Waals surface area (Å²) in [5.41, 5.74) is 1.75. The highest BCUT2D eigenvalue weighted by molar-refractivity contribution is 6.30. The van der Waals surface area contributed by atoms with Crippen LogP contribution in [-0.2, 0) is 6.42 Å². The fourth-order valence-electron chi connectivity index (χ4n) is 2.02. The van der Waals surface area contributed by atoms with Crippen LogP contribution in [0.1, 0.15) is 24.2 Å². The molecule has 0 fully saturated rings. The van der Waals surface area contributed by atoms with Crippen LogP contribution in [-0.4, -0.2) is 11.5 Å². The van der Waals surface area contributed by atoms with Crippen molar-refractivity contribution in [2.24, 2.45) is 0 Å². The van der Waals surface area contributed by atoms with Gasteiger partial charge in [0.2, 0.25) is 0 Å². The van der Waals surface area contributed by atoms with Gasteiger partial charge in [-0.15, -0.1) is 0 Å². The van der Waals surface area contributed by atoms with Gasteiger partial charge >= 0.3 is 0 Å². The van der Waals surface area contributed by atoms with E-state index in [1.165, 1.54) is 6.07 Å². The standard InChI is InChI=1S/C15H15Cl2FN2/c1-2-19-15(14-6-4-11(16)9-20-14)8-10-3-5-12(17)13(18)7-10/h3-7,9,15,19H,2,8H2,1H3. The lowest BCUT2D eigenvalue weighted by molar-refractivity contribution is 0.534. The molecule has 0 radical (unpaired) electrons. The average molecular weight is 313 g/mol. The van der Waals surface area contributed by atoms with E-state index in [9.17, 15) is 4.39 Å². The Bertz CT molecular complexity index is 573. The highest BCUT2D eigenvalue weighted by Gasteiger charge is 2.13. The largest absolute Gasteiger partial charge is 0.309 e. The third-order valence-electron chi connectivity index (χ3n) is 2.98. The van der Waals surface area contributed by atoms with Gasteiger partial charge in [0.15, 0.2) is 0 Å². The third kappa shape index (κ3) is 3.92. The molecule has 0 saturated heterocycles. The van der Waals surface area contributed by atoms with E-state index in [1.807, 2.05) is 19.1 Å². The number of hydrogen-bond acceptors (Lipinski definition) is 2. The van der Waals surface area contributed by atoms with Crippen LogP contribution in [0.25, 0.3) is 0 Å². The molecule has 5 heteroatoms. The molecule has 1 atom stereocenters. The molecule has 1 aromatic carbocycles. The van der Waals surface area contributed by atoms with Gasteiger partial charge in [-0.2, -0.15) is 0 Å². The first-order valence-corrected chi connectivity index (χ1v) is 7.14. The van der Waals surface area contributed by atoms with Crippen molar-refractivity contribution >= 4 is 23.2 Å². The van der Waals surface area contributed by atoms with Crippen LogP contribution >= 0.6 is 23.2 Å². The Labute approximate surface area is 127 Å². The molecule has 1 N–H and O–H groups in total. The molecule has 0 aliphatic heterocycles. The van der Waals surface area contributed by atoms with E-state index < -0.39 is 5.82 Å². The van der Waals surface area contributed by atoms with Crippen molar-refractivity contribution in [1.29, 1.82) is 0 Å². The van der Waals surface area contributed by atoms with Crippen LogP contribution in [0.2, 0.25) is 10.0 Å².